The molecule has 1 aromatic carbocycles. The highest BCUT2D eigenvalue weighted by Gasteiger charge is 2.22. The van der Waals surface area contributed by atoms with Crippen LogP contribution in [-0.4, -0.2) is 33.9 Å². The molecule has 0 amide bonds. The highest BCUT2D eigenvalue weighted by Crippen LogP contribution is 2.31. The Balaban J connectivity index is 1.55. The van der Waals surface area contributed by atoms with Gasteiger partial charge >= 0.3 is 5.97 Å². The van der Waals surface area contributed by atoms with Crippen molar-refractivity contribution < 1.29 is 14.3 Å². The van der Waals surface area contributed by atoms with Crippen LogP contribution in [-0.2, 0) is 4.74 Å². The van der Waals surface area contributed by atoms with Gasteiger partial charge in [-0.1, -0.05) is 12.1 Å². The first-order chi connectivity index (χ1) is 13.2. The normalized spacial score (nSPS) is 13.6. The lowest BCUT2D eigenvalue weighted by molar-refractivity contribution is 0.0525. The molecular formula is C20H21N3O3S. The maximum Gasteiger partial charge on any atom is 0.341 e. The standard InChI is InChI=1S/C20H21N3O3S/c1-3-25-19(24)17-10-21-23(13(17)2)20-22-18(12-27-20)15-5-4-6-16(9-15)26-11-14-7-8-14/h4-6,9-10,12,14H,3,7-8,11H2,1-2H3. The molecule has 3 aromatic rings. The number of carbonyl (C=O) groups excluding carboxylic acids is 1. The van der Waals surface area contributed by atoms with E-state index in [0.29, 0.717) is 17.3 Å². The molecule has 2 heterocycles. The fourth-order valence-electron chi connectivity index (χ4n) is 2.75. The molecule has 0 aliphatic heterocycles. The average Bonchev–Trinajstić information content (AvgIpc) is 3.23. The Bertz CT molecular complexity index is 959. The molecule has 0 N–H and O–H groups in total. The largest absolute Gasteiger partial charge is 0.493 e. The molecule has 0 spiro atoms. The molecule has 6 nitrogen and oxygen atoms in total. The van der Waals surface area contributed by atoms with Crippen LogP contribution in [0.2, 0.25) is 0 Å². The van der Waals surface area contributed by atoms with Gasteiger partial charge in [-0.3, -0.25) is 0 Å². The predicted molar refractivity (Wildman–Crippen MR) is 104 cm³/mol. The Morgan fingerprint density at radius 1 is 1.37 bits per heavy atom. The summed E-state index contributed by atoms with van der Waals surface area (Å²) in [5.41, 5.74) is 3.04. The number of hydrogen-bond acceptors (Lipinski definition) is 6. The smallest absolute Gasteiger partial charge is 0.341 e. The Morgan fingerprint density at radius 3 is 3.00 bits per heavy atom. The molecule has 7 heteroatoms. The van der Waals surface area contributed by atoms with E-state index in [4.69, 9.17) is 14.5 Å². The number of nitrogens with zero attached hydrogens (tertiary/aromatic N) is 3. The number of hydrogen-bond donors (Lipinski definition) is 0. The van der Waals surface area contributed by atoms with E-state index in [1.165, 1.54) is 30.4 Å². The first-order valence-electron chi connectivity index (χ1n) is 9.06. The van der Waals surface area contributed by atoms with Crippen LogP contribution in [0.1, 0.15) is 35.8 Å². The first-order valence-corrected chi connectivity index (χ1v) is 9.94. The number of benzene rings is 1. The van der Waals surface area contributed by atoms with E-state index in [2.05, 4.69) is 5.10 Å². The fourth-order valence-corrected chi connectivity index (χ4v) is 3.59. The van der Waals surface area contributed by atoms with Gasteiger partial charge in [0.25, 0.3) is 0 Å². The third-order valence-corrected chi connectivity index (χ3v) is 5.31. The maximum atomic E-state index is 12.0. The molecule has 27 heavy (non-hydrogen) atoms. The van der Waals surface area contributed by atoms with Crippen LogP contribution in [0.15, 0.2) is 35.8 Å². The second-order valence-electron chi connectivity index (χ2n) is 6.57. The minimum absolute atomic E-state index is 0.337. The molecule has 0 bridgehead atoms. The van der Waals surface area contributed by atoms with Crippen molar-refractivity contribution in [2.24, 2.45) is 5.92 Å². The summed E-state index contributed by atoms with van der Waals surface area (Å²) in [6.45, 7) is 4.75. The van der Waals surface area contributed by atoms with Gasteiger partial charge in [-0.2, -0.15) is 5.10 Å². The summed E-state index contributed by atoms with van der Waals surface area (Å²) >= 11 is 1.48. The topological polar surface area (TPSA) is 66.2 Å². The van der Waals surface area contributed by atoms with Gasteiger partial charge in [0.2, 0.25) is 5.13 Å². The first kappa shape index (κ1) is 17.7. The highest BCUT2D eigenvalue weighted by atomic mass is 32.1. The van der Waals surface area contributed by atoms with E-state index in [-0.39, 0.29) is 5.97 Å². The maximum absolute atomic E-state index is 12.0. The van der Waals surface area contributed by atoms with Gasteiger partial charge in [-0.25, -0.2) is 14.5 Å². The molecule has 1 aliphatic rings. The van der Waals surface area contributed by atoms with Crippen molar-refractivity contribution in [1.29, 1.82) is 0 Å². The number of esters is 1. The highest BCUT2D eigenvalue weighted by molar-refractivity contribution is 7.12. The minimum Gasteiger partial charge on any atom is -0.493 e. The predicted octanol–water partition coefficient (Wildman–Crippen LogP) is 4.27. The van der Waals surface area contributed by atoms with Gasteiger partial charge in [-0.15, -0.1) is 11.3 Å². The summed E-state index contributed by atoms with van der Waals surface area (Å²) in [4.78, 5) is 16.7. The van der Waals surface area contributed by atoms with Crippen molar-refractivity contribution in [1.82, 2.24) is 14.8 Å². The summed E-state index contributed by atoms with van der Waals surface area (Å²) in [6, 6.07) is 7.99. The van der Waals surface area contributed by atoms with E-state index >= 15 is 0 Å². The van der Waals surface area contributed by atoms with E-state index in [1.54, 1.807) is 11.6 Å². The Kier molecular flexibility index (Phi) is 4.94. The van der Waals surface area contributed by atoms with E-state index in [9.17, 15) is 4.79 Å². The van der Waals surface area contributed by atoms with Gasteiger partial charge < -0.3 is 9.47 Å². The monoisotopic (exact) mass is 383 g/mol. The zero-order valence-electron chi connectivity index (χ0n) is 15.3. The Labute approximate surface area is 161 Å². The van der Waals surface area contributed by atoms with E-state index in [1.807, 2.05) is 36.6 Å². The zero-order chi connectivity index (χ0) is 18.8. The quantitative estimate of drug-likeness (QED) is 0.570. The van der Waals surface area contributed by atoms with Gasteiger partial charge in [0, 0.05) is 10.9 Å². The average molecular weight is 383 g/mol. The molecule has 1 saturated carbocycles. The van der Waals surface area contributed by atoms with Crippen molar-refractivity contribution in [3.05, 3.63) is 47.1 Å². The van der Waals surface area contributed by atoms with Crippen molar-refractivity contribution >= 4 is 17.3 Å². The lowest BCUT2D eigenvalue weighted by Crippen LogP contribution is -2.06. The molecule has 0 atom stereocenters. The minimum atomic E-state index is -0.362. The summed E-state index contributed by atoms with van der Waals surface area (Å²) < 4.78 is 12.6. The number of aromatic nitrogens is 3. The van der Waals surface area contributed by atoms with Gasteiger partial charge in [0.1, 0.15) is 11.3 Å². The van der Waals surface area contributed by atoms with Crippen LogP contribution in [0.25, 0.3) is 16.4 Å². The lowest BCUT2D eigenvalue weighted by atomic mass is 10.2. The number of carbonyl (C=O) groups is 1. The summed E-state index contributed by atoms with van der Waals surface area (Å²) in [6.07, 6.45) is 4.07. The molecule has 4 rings (SSSR count). The fraction of sp³-hybridized carbons (Fsp3) is 0.350. The molecule has 1 aliphatic carbocycles. The molecule has 2 aromatic heterocycles. The van der Waals surface area contributed by atoms with E-state index < -0.39 is 0 Å². The van der Waals surface area contributed by atoms with Crippen LogP contribution in [0.5, 0.6) is 5.75 Å². The number of ether oxygens (including phenoxy) is 2. The van der Waals surface area contributed by atoms with Crippen LogP contribution in [0.4, 0.5) is 0 Å². The molecular weight excluding hydrogens is 362 g/mol. The Hall–Kier alpha value is -2.67. The molecule has 0 saturated heterocycles. The van der Waals surface area contributed by atoms with Crippen molar-refractivity contribution in [3.8, 4) is 22.1 Å². The van der Waals surface area contributed by atoms with Crippen molar-refractivity contribution in [2.75, 3.05) is 13.2 Å². The molecule has 0 radical (unpaired) electrons. The van der Waals surface area contributed by atoms with Crippen molar-refractivity contribution in [2.45, 2.75) is 26.7 Å². The summed E-state index contributed by atoms with van der Waals surface area (Å²) in [5.74, 6) is 1.23. The zero-order valence-corrected chi connectivity index (χ0v) is 16.2. The summed E-state index contributed by atoms with van der Waals surface area (Å²) in [5, 5.41) is 7.01. The third kappa shape index (κ3) is 3.88. The van der Waals surface area contributed by atoms with Crippen molar-refractivity contribution in [3.63, 3.8) is 0 Å². The van der Waals surface area contributed by atoms with Crippen LogP contribution in [0.3, 0.4) is 0 Å². The van der Waals surface area contributed by atoms with E-state index in [0.717, 1.165) is 35.2 Å². The van der Waals surface area contributed by atoms with Gasteiger partial charge in [0.15, 0.2) is 0 Å². The number of thiazole rings is 1. The van der Waals surface area contributed by atoms with Gasteiger partial charge in [0.05, 0.1) is 30.8 Å². The third-order valence-electron chi connectivity index (χ3n) is 4.49. The molecule has 140 valence electrons. The summed E-state index contributed by atoms with van der Waals surface area (Å²) in [7, 11) is 0. The molecule has 0 unspecified atom stereocenters. The molecule has 1 fully saturated rings. The van der Waals surface area contributed by atoms with Gasteiger partial charge in [-0.05, 0) is 44.7 Å². The second-order valence-corrected chi connectivity index (χ2v) is 7.41. The van der Waals surface area contributed by atoms with Crippen LogP contribution in [0, 0.1) is 12.8 Å². The lowest BCUT2D eigenvalue weighted by Gasteiger charge is -2.06. The second kappa shape index (κ2) is 7.52. The van der Waals surface area contributed by atoms with Crippen LogP contribution < -0.4 is 4.74 Å². The number of rotatable bonds is 7. The van der Waals surface area contributed by atoms with Crippen LogP contribution >= 0.6 is 11.3 Å². The SMILES string of the molecule is CCOC(=O)c1cnn(-c2nc(-c3cccc(OCC4CC4)c3)cs2)c1C. The Morgan fingerprint density at radius 2 is 2.22 bits per heavy atom.